The highest BCUT2D eigenvalue weighted by Gasteiger charge is 2.27. The smallest absolute Gasteiger partial charge is 0.00389 e. The zero-order valence-corrected chi connectivity index (χ0v) is 11.3. The molecule has 0 amide bonds. The van der Waals surface area contributed by atoms with Gasteiger partial charge in [-0.1, -0.05) is 13.8 Å². The van der Waals surface area contributed by atoms with E-state index in [9.17, 15) is 0 Å². The van der Waals surface area contributed by atoms with E-state index < -0.39 is 0 Å². The van der Waals surface area contributed by atoms with Crippen LogP contribution < -0.4 is 5.32 Å². The summed E-state index contributed by atoms with van der Waals surface area (Å²) in [4.78, 5) is 0. The normalized spacial score (nSPS) is 45.6. The van der Waals surface area contributed by atoms with Crippen LogP contribution in [0.4, 0.5) is 0 Å². The van der Waals surface area contributed by atoms with Gasteiger partial charge in [-0.15, -0.1) is 0 Å². The number of piperidine rings is 1. The maximum absolute atomic E-state index is 3.64. The highest BCUT2D eigenvalue weighted by molar-refractivity contribution is 4.81. The molecule has 1 saturated heterocycles. The minimum Gasteiger partial charge on any atom is -0.314 e. The summed E-state index contributed by atoms with van der Waals surface area (Å²) >= 11 is 0. The summed E-state index contributed by atoms with van der Waals surface area (Å²) in [5.41, 5.74) is 0. The fourth-order valence-electron chi connectivity index (χ4n) is 4.04. The third kappa shape index (κ3) is 3.48. The fourth-order valence-corrected chi connectivity index (χ4v) is 4.04. The minimum absolute atomic E-state index is 0.764. The van der Waals surface area contributed by atoms with Crippen LogP contribution in [0, 0.1) is 23.7 Å². The van der Waals surface area contributed by atoms with E-state index in [-0.39, 0.29) is 0 Å². The Morgan fingerprint density at radius 2 is 1.56 bits per heavy atom. The van der Waals surface area contributed by atoms with Gasteiger partial charge in [-0.05, 0) is 75.7 Å². The molecule has 1 N–H and O–H groups in total. The first-order valence-corrected chi connectivity index (χ1v) is 7.37. The van der Waals surface area contributed by atoms with Crippen molar-refractivity contribution in [1.82, 2.24) is 5.32 Å². The molecular weight excluding hydrogens is 194 g/mol. The van der Waals surface area contributed by atoms with Gasteiger partial charge in [0.1, 0.15) is 0 Å². The number of hydrogen-bond acceptors (Lipinski definition) is 1. The predicted molar refractivity (Wildman–Crippen MR) is 70.5 cm³/mol. The summed E-state index contributed by atoms with van der Waals surface area (Å²) in [5, 5.41) is 3.64. The Morgan fingerprint density at radius 3 is 2.12 bits per heavy atom. The molecule has 0 aromatic heterocycles. The largest absolute Gasteiger partial charge is 0.314 e. The third-order valence-corrected chi connectivity index (χ3v) is 4.71. The summed E-state index contributed by atoms with van der Waals surface area (Å²) in [6.07, 6.45) is 8.81. The van der Waals surface area contributed by atoms with E-state index in [2.05, 4.69) is 26.1 Å². The van der Waals surface area contributed by atoms with Gasteiger partial charge in [-0.25, -0.2) is 0 Å². The minimum atomic E-state index is 0.764. The van der Waals surface area contributed by atoms with Crippen LogP contribution in [-0.4, -0.2) is 12.6 Å². The number of rotatable bonds is 2. The number of hydrogen-bond donors (Lipinski definition) is 1. The lowest BCUT2D eigenvalue weighted by atomic mass is 9.72. The second kappa shape index (κ2) is 5.53. The molecule has 1 nitrogen and oxygen atoms in total. The van der Waals surface area contributed by atoms with Crippen molar-refractivity contribution in [2.75, 3.05) is 6.54 Å². The molecule has 1 heterocycles. The highest BCUT2D eigenvalue weighted by Crippen LogP contribution is 2.37. The molecule has 0 spiro atoms. The molecule has 4 atom stereocenters. The summed E-state index contributed by atoms with van der Waals surface area (Å²) in [6, 6.07) is 0.764. The zero-order valence-electron chi connectivity index (χ0n) is 11.3. The van der Waals surface area contributed by atoms with Crippen LogP contribution in [0.5, 0.6) is 0 Å². The van der Waals surface area contributed by atoms with Gasteiger partial charge in [0.05, 0.1) is 0 Å². The molecule has 1 aliphatic carbocycles. The molecule has 16 heavy (non-hydrogen) atoms. The molecule has 0 aromatic carbocycles. The van der Waals surface area contributed by atoms with Crippen LogP contribution in [0.2, 0.25) is 0 Å². The highest BCUT2D eigenvalue weighted by atomic mass is 14.9. The van der Waals surface area contributed by atoms with Crippen molar-refractivity contribution in [1.29, 1.82) is 0 Å². The van der Waals surface area contributed by atoms with Gasteiger partial charge >= 0.3 is 0 Å². The molecule has 1 saturated carbocycles. The first kappa shape index (κ1) is 12.4. The Bertz CT molecular complexity index is 195. The third-order valence-electron chi connectivity index (χ3n) is 4.71. The van der Waals surface area contributed by atoms with Crippen LogP contribution in [0.25, 0.3) is 0 Å². The van der Waals surface area contributed by atoms with Crippen LogP contribution in [0.1, 0.15) is 59.3 Å². The van der Waals surface area contributed by atoms with Gasteiger partial charge in [-0.3, -0.25) is 0 Å². The molecule has 0 bridgehead atoms. The molecule has 2 rings (SSSR count). The van der Waals surface area contributed by atoms with Gasteiger partial charge in [0.25, 0.3) is 0 Å². The quantitative estimate of drug-likeness (QED) is 0.750. The predicted octanol–water partition coefficient (Wildman–Crippen LogP) is 3.84. The van der Waals surface area contributed by atoms with Crippen LogP contribution in [0.15, 0.2) is 0 Å². The fraction of sp³-hybridized carbons (Fsp3) is 1.00. The van der Waals surface area contributed by atoms with Gasteiger partial charge in [-0.2, -0.15) is 0 Å². The molecule has 4 unspecified atom stereocenters. The summed E-state index contributed by atoms with van der Waals surface area (Å²) < 4.78 is 0. The van der Waals surface area contributed by atoms with Crippen molar-refractivity contribution in [2.24, 2.45) is 23.7 Å². The standard InChI is InChI=1S/C15H29N/c1-11-6-12(2)8-15(7-11)9-14-5-4-13(3)16-10-14/h11-16H,4-10H2,1-3H3. The Labute approximate surface area is 101 Å². The van der Waals surface area contributed by atoms with E-state index in [0.29, 0.717) is 0 Å². The SMILES string of the molecule is CC1CC(C)CC(CC2CCC(C)NC2)C1. The summed E-state index contributed by atoms with van der Waals surface area (Å²) in [5.74, 6) is 3.95. The van der Waals surface area contributed by atoms with Crippen molar-refractivity contribution < 1.29 is 0 Å². The molecule has 94 valence electrons. The molecule has 0 aromatic rings. The molecule has 1 aliphatic heterocycles. The van der Waals surface area contributed by atoms with Gasteiger partial charge in [0.2, 0.25) is 0 Å². The van der Waals surface area contributed by atoms with Crippen molar-refractivity contribution >= 4 is 0 Å². The van der Waals surface area contributed by atoms with Gasteiger partial charge in [0, 0.05) is 6.04 Å². The van der Waals surface area contributed by atoms with Crippen LogP contribution in [0.3, 0.4) is 0 Å². The Kier molecular flexibility index (Phi) is 4.29. The second-order valence-corrected chi connectivity index (χ2v) is 6.77. The van der Waals surface area contributed by atoms with E-state index in [4.69, 9.17) is 0 Å². The molecule has 2 aliphatic rings. The lowest BCUT2D eigenvalue weighted by molar-refractivity contribution is 0.172. The topological polar surface area (TPSA) is 12.0 Å². The van der Waals surface area contributed by atoms with E-state index in [1.54, 1.807) is 0 Å². The van der Waals surface area contributed by atoms with E-state index >= 15 is 0 Å². The van der Waals surface area contributed by atoms with Crippen molar-refractivity contribution in [3.63, 3.8) is 0 Å². The van der Waals surface area contributed by atoms with Crippen LogP contribution >= 0.6 is 0 Å². The van der Waals surface area contributed by atoms with Crippen molar-refractivity contribution in [2.45, 2.75) is 65.3 Å². The van der Waals surface area contributed by atoms with Crippen molar-refractivity contribution in [3.8, 4) is 0 Å². The summed E-state index contributed by atoms with van der Waals surface area (Å²) in [7, 11) is 0. The second-order valence-electron chi connectivity index (χ2n) is 6.77. The molecule has 0 radical (unpaired) electrons. The monoisotopic (exact) mass is 223 g/mol. The lowest BCUT2D eigenvalue weighted by Gasteiger charge is -2.35. The van der Waals surface area contributed by atoms with E-state index in [1.165, 1.54) is 45.1 Å². The average molecular weight is 223 g/mol. The van der Waals surface area contributed by atoms with Gasteiger partial charge in [0.15, 0.2) is 0 Å². The molecule has 2 fully saturated rings. The molecule has 1 heteroatoms. The van der Waals surface area contributed by atoms with Gasteiger partial charge < -0.3 is 5.32 Å². The first-order chi connectivity index (χ1) is 7.63. The Morgan fingerprint density at radius 1 is 0.875 bits per heavy atom. The Hall–Kier alpha value is -0.0400. The maximum atomic E-state index is 3.64. The van der Waals surface area contributed by atoms with E-state index in [1.807, 2.05) is 0 Å². The lowest BCUT2D eigenvalue weighted by Crippen LogP contribution is -2.38. The summed E-state index contributed by atoms with van der Waals surface area (Å²) in [6.45, 7) is 8.50. The first-order valence-electron chi connectivity index (χ1n) is 7.37. The number of nitrogens with one attached hydrogen (secondary N) is 1. The zero-order chi connectivity index (χ0) is 11.5. The Balaban J connectivity index is 1.76. The average Bonchev–Trinajstić information content (AvgIpc) is 2.20. The van der Waals surface area contributed by atoms with Crippen molar-refractivity contribution in [3.05, 3.63) is 0 Å². The molecular formula is C15H29N. The van der Waals surface area contributed by atoms with E-state index in [0.717, 1.165) is 29.7 Å². The van der Waals surface area contributed by atoms with Crippen LogP contribution in [-0.2, 0) is 0 Å². The maximum Gasteiger partial charge on any atom is 0.00389 e.